The van der Waals surface area contributed by atoms with Crippen LogP contribution in [0.1, 0.15) is 31.2 Å². The molecule has 1 aromatic heterocycles. The number of rotatable bonds is 13. The molecular weight excluding hydrogens is 382 g/mol. The Kier molecular flexibility index (Phi) is 8.23. The van der Waals surface area contributed by atoms with E-state index in [-0.39, 0.29) is 0 Å². The third-order valence-corrected chi connectivity index (χ3v) is 4.74. The first-order chi connectivity index (χ1) is 14.7. The average Bonchev–Trinajstić information content (AvgIpc) is 3.16. The second kappa shape index (κ2) is 11.3. The number of unbranched alkanes of at least 4 members (excludes halogenated alkanes) is 1. The van der Waals surface area contributed by atoms with Crippen LogP contribution in [0, 0.1) is 0 Å². The zero-order valence-corrected chi connectivity index (χ0v) is 17.3. The summed E-state index contributed by atoms with van der Waals surface area (Å²) < 4.78 is 11.4. The zero-order chi connectivity index (χ0) is 21.2. The van der Waals surface area contributed by atoms with Crippen LogP contribution in [0.5, 0.6) is 5.75 Å². The number of carboxylic acids is 1. The number of aliphatic carboxylic acids is 1. The van der Waals surface area contributed by atoms with E-state index in [4.69, 9.17) is 9.15 Å². The molecule has 160 valence electrons. The Bertz CT molecular complexity index is 891. The first kappa shape index (κ1) is 21.8. The van der Waals surface area contributed by atoms with Crippen LogP contribution in [-0.4, -0.2) is 41.8 Å². The number of benzene rings is 2. The van der Waals surface area contributed by atoms with Gasteiger partial charge in [-0.2, -0.15) is 0 Å². The normalized spacial score (nSPS) is 12.2. The standard InChI is InChI=1S/C23H29N3O4/c1-2-3-12-25-20(23(27)28)15-17-8-10-18(11-9-17)29-14-13-24-16-22-26-19-6-4-5-7-21(19)30-22/h4-11,20,24-25H,2-3,12-16H2,1H3,(H,27,28). The highest BCUT2D eigenvalue weighted by Gasteiger charge is 2.16. The Hall–Kier alpha value is -2.90. The summed E-state index contributed by atoms with van der Waals surface area (Å²) in [6.45, 7) is 4.50. The number of nitrogens with zero attached hydrogens (tertiary/aromatic N) is 1. The molecule has 7 nitrogen and oxygen atoms in total. The highest BCUT2D eigenvalue weighted by molar-refractivity contribution is 5.74. The maximum Gasteiger partial charge on any atom is 0.321 e. The Labute approximate surface area is 176 Å². The number of hydrogen-bond donors (Lipinski definition) is 3. The molecule has 0 saturated carbocycles. The van der Waals surface area contributed by atoms with Crippen molar-refractivity contribution in [3.05, 3.63) is 60.0 Å². The number of carboxylic acid groups (broad SMARTS) is 1. The van der Waals surface area contributed by atoms with Crippen molar-refractivity contribution in [2.24, 2.45) is 0 Å². The molecule has 3 aromatic rings. The largest absolute Gasteiger partial charge is 0.492 e. The van der Waals surface area contributed by atoms with E-state index >= 15 is 0 Å². The number of ether oxygens (including phenoxy) is 1. The molecule has 3 N–H and O–H groups in total. The third kappa shape index (κ3) is 6.57. The van der Waals surface area contributed by atoms with Gasteiger partial charge in [0, 0.05) is 6.54 Å². The van der Waals surface area contributed by atoms with E-state index < -0.39 is 12.0 Å². The summed E-state index contributed by atoms with van der Waals surface area (Å²) in [5.74, 6) is 0.589. The SMILES string of the molecule is CCCCNC(Cc1ccc(OCCNCc2nc3ccccc3o2)cc1)C(=O)O. The lowest BCUT2D eigenvalue weighted by Crippen LogP contribution is -2.39. The summed E-state index contributed by atoms with van der Waals surface area (Å²) in [6.07, 6.45) is 2.46. The number of carbonyl (C=O) groups is 1. The molecule has 1 unspecified atom stereocenters. The van der Waals surface area contributed by atoms with Crippen LogP contribution in [0.2, 0.25) is 0 Å². The summed E-state index contributed by atoms with van der Waals surface area (Å²) >= 11 is 0. The second-order valence-electron chi connectivity index (χ2n) is 7.15. The molecule has 0 amide bonds. The van der Waals surface area contributed by atoms with Gasteiger partial charge in [-0.1, -0.05) is 37.6 Å². The first-order valence-electron chi connectivity index (χ1n) is 10.4. The van der Waals surface area contributed by atoms with Gasteiger partial charge in [-0.25, -0.2) is 4.98 Å². The number of oxazole rings is 1. The second-order valence-corrected chi connectivity index (χ2v) is 7.15. The molecule has 1 heterocycles. The Morgan fingerprint density at radius 3 is 2.70 bits per heavy atom. The number of hydrogen-bond acceptors (Lipinski definition) is 6. The molecule has 0 saturated heterocycles. The van der Waals surface area contributed by atoms with E-state index in [0.29, 0.717) is 38.6 Å². The molecule has 2 aromatic carbocycles. The van der Waals surface area contributed by atoms with Crippen molar-refractivity contribution >= 4 is 17.1 Å². The lowest BCUT2D eigenvalue weighted by molar-refractivity contribution is -0.139. The molecule has 7 heteroatoms. The Balaban J connectivity index is 1.38. The molecule has 30 heavy (non-hydrogen) atoms. The van der Waals surface area contributed by atoms with E-state index in [0.717, 1.165) is 35.3 Å². The topological polar surface area (TPSA) is 96.6 Å². The molecule has 0 bridgehead atoms. The van der Waals surface area contributed by atoms with Gasteiger partial charge in [-0.3, -0.25) is 4.79 Å². The quantitative estimate of drug-likeness (QED) is 0.371. The van der Waals surface area contributed by atoms with Crippen LogP contribution in [0.4, 0.5) is 0 Å². The summed E-state index contributed by atoms with van der Waals surface area (Å²) in [6, 6.07) is 14.7. The van der Waals surface area contributed by atoms with E-state index in [1.165, 1.54) is 0 Å². The maximum atomic E-state index is 11.4. The Morgan fingerprint density at radius 1 is 1.17 bits per heavy atom. The predicted molar refractivity (Wildman–Crippen MR) is 116 cm³/mol. The van der Waals surface area contributed by atoms with Crippen LogP contribution in [0.25, 0.3) is 11.1 Å². The summed E-state index contributed by atoms with van der Waals surface area (Å²) in [5.41, 5.74) is 2.61. The van der Waals surface area contributed by atoms with Crippen LogP contribution in [0.3, 0.4) is 0 Å². The fourth-order valence-electron chi connectivity index (χ4n) is 3.09. The molecular formula is C23H29N3O4. The van der Waals surface area contributed by atoms with Crippen molar-refractivity contribution in [1.82, 2.24) is 15.6 Å². The predicted octanol–water partition coefficient (Wildman–Crippen LogP) is 3.38. The van der Waals surface area contributed by atoms with Crippen LogP contribution in [0.15, 0.2) is 52.9 Å². The number of nitrogens with one attached hydrogen (secondary N) is 2. The average molecular weight is 412 g/mol. The number of aromatic nitrogens is 1. The molecule has 0 fully saturated rings. The minimum atomic E-state index is -0.823. The van der Waals surface area contributed by atoms with Crippen molar-refractivity contribution in [2.45, 2.75) is 38.8 Å². The summed E-state index contributed by atoms with van der Waals surface area (Å²) in [7, 11) is 0. The third-order valence-electron chi connectivity index (χ3n) is 4.74. The van der Waals surface area contributed by atoms with Crippen molar-refractivity contribution in [3.8, 4) is 5.75 Å². The van der Waals surface area contributed by atoms with Crippen LogP contribution >= 0.6 is 0 Å². The molecule has 0 radical (unpaired) electrons. The van der Waals surface area contributed by atoms with E-state index in [1.807, 2.05) is 48.5 Å². The summed E-state index contributed by atoms with van der Waals surface area (Å²) in [5, 5.41) is 15.7. The minimum Gasteiger partial charge on any atom is -0.492 e. The summed E-state index contributed by atoms with van der Waals surface area (Å²) in [4.78, 5) is 15.8. The van der Waals surface area contributed by atoms with Crippen molar-refractivity contribution in [1.29, 1.82) is 0 Å². The highest BCUT2D eigenvalue weighted by atomic mass is 16.5. The van der Waals surface area contributed by atoms with E-state index in [9.17, 15) is 9.90 Å². The van der Waals surface area contributed by atoms with Gasteiger partial charge in [0.2, 0.25) is 5.89 Å². The van der Waals surface area contributed by atoms with Crippen molar-refractivity contribution in [3.63, 3.8) is 0 Å². The van der Waals surface area contributed by atoms with Gasteiger partial charge in [-0.15, -0.1) is 0 Å². The van der Waals surface area contributed by atoms with Gasteiger partial charge in [0.1, 0.15) is 23.9 Å². The number of fused-ring (bicyclic) bond motifs is 1. The fourth-order valence-corrected chi connectivity index (χ4v) is 3.09. The van der Waals surface area contributed by atoms with Gasteiger partial charge in [-0.05, 0) is 49.2 Å². The molecule has 0 aliphatic heterocycles. The van der Waals surface area contributed by atoms with Gasteiger partial charge in [0.15, 0.2) is 5.58 Å². The minimum absolute atomic E-state index is 0.450. The first-order valence-corrected chi connectivity index (χ1v) is 10.4. The Morgan fingerprint density at radius 2 is 1.97 bits per heavy atom. The lowest BCUT2D eigenvalue weighted by Gasteiger charge is -2.14. The van der Waals surface area contributed by atoms with Crippen LogP contribution < -0.4 is 15.4 Å². The van der Waals surface area contributed by atoms with Crippen molar-refractivity contribution < 1.29 is 19.1 Å². The molecule has 3 rings (SSSR count). The molecule has 0 aliphatic rings. The van der Waals surface area contributed by atoms with Gasteiger partial charge >= 0.3 is 5.97 Å². The van der Waals surface area contributed by atoms with E-state index in [1.54, 1.807) is 0 Å². The lowest BCUT2D eigenvalue weighted by atomic mass is 10.1. The van der Waals surface area contributed by atoms with Gasteiger partial charge < -0.3 is 24.9 Å². The van der Waals surface area contributed by atoms with Gasteiger partial charge in [0.25, 0.3) is 0 Å². The van der Waals surface area contributed by atoms with E-state index in [2.05, 4.69) is 22.5 Å². The van der Waals surface area contributed by atoms with Crippen molar-refractivity contribution in [2.75, 3.05) is 19.7 Å². The molecule has 0 spiro atoms. The highest BCUT2D eigenvalue weighted by Crippen LogP contribution is 2.15. The molecule has 0 aliphatic carbocycles. The fraction of sp³-hybridized carbons (Fsp3) is 0.391. The van der Waals surface area contributed by atoms with Crippen LogP contribution in [-0.2, 0) is 17.8 Å². The molecule has 1 atom stereocenters. The smallest absolute Gasteiger partial charge is 0.321 e. The monoisotopic (exact) mass is 411 g/mol. The zero-order valence-electron chi connectivity index (χ0n) is 17.3. The maximum absolute atomic E-state index is 11.4. The number of para-hydroxylation sites is 2. The van der Waals surface area contributed by atoms with Gasteiger partial charge in [0.05, 0.1) is 6.54 Å².